The number of unbranched alkanes of at least 4 members (excludes halogenated alkanes) is 1. The molecule has 0 bridgehead atoms. The molecule has 20 heavy (non-hydrogen) atoms. The van der Waals surface area contributed by atoms with Crippen molar-refractivity contribution in [2.75, 3.05) is 0 Å². The number of halogens is 2. The fourth-order valence-electron chi connectivity index (χ4n) is 2.02. The highest BCUT2D eigenvalue weighted by Crippen LogP contribution is 2.24. The van der Waals surface area contributed by atoms with Gasteiger partial charge in [0.1, 0.15) is 0 Å². The monoisotopic (exact) mass is 284 g/mol. The van der Waals surface area contributed by atoms with E-state index in [1.54, 1.807) is 6.08 Å². The van der Waals surface area contributed by atoms with E-state index in [9.17, 15) is 13.6 Å². The number of allylic oxidation sites excluding steroid dienone is 1. The standard InChI is InChI=1S/C15H18F2O3/c1-2-10(5-3-4-6-14(18)19)7-11-8-12(16)15(20)13(17)9-11/h2,8-10,20H,1,3-7H2,(H,18,19). The van der Waals surface area contributed by atoms with Crippen molar-refractivity contribution < 1.29 is 23.8 Å². The predicted molar refractivity (Wildman–Crippen MR) is 71.5 cm³/mol. The Morgan fingerprint density at radius 1 is 1.30 bits per heavy atom. The number of carboxylic acid groups (broad SMARTS) is 1. The van der Waals surface area contributed by atoms with Crippen LogP contribution in [0, 0.1) is 17.6 Å². The second kappa shape index (κ2) is 7.62. The first-order valence-corrected chi connectivity index (χ1v) is 6.45. The van der Waals surface area contributed by atoms with Crippen molar-refractivity contribution in [1.29, 1.82) is 0 Å². The summed E-state index contributed by atoms with van der Waals surface area (Å²) >= 11 is 0. The van der Waals surface area contributed by atoms with E-state index in [0.717, 1.165) is 12.1 Å². The maximum Gasteiger partial charge on any atom is 0.303 e. The Kier molecular flexibility index (Phi) is 6.15. The van der Waals surface area contributed by atoms with E-state index < -0.39 is 23.4 Å². The van der Waals surface area contributed by atoms with Crippen LogP contribution in [0.5, 0.6) is 5.75 Å². The molecule has 0 aliphatic rings. The molecule has 0 aromatic heterocycles. The lowest BCUT2D eigenvalue weighted by atomic mass is 9.93. The highest BCUT2D eigenvalue weighted by atomic mass is 19.1. The summed E-state index contributed by atoms with van der Waals surface area (Å²) in [4.78, 5) is 10.4. The zero-order valence-electron chi connectivity index (χ0n) is 11.1. The van der Waals surface area contributed by atoms with Crippen LogP contribution < -0.4 is 0 Å². The Hall–Kier alpha value is -1.91. The van der Waals surface area contributed by atoms with Crippen molar-refractivity contribution in [3.05, 3.63) is 42.0 Å². The normalized spacial score (nSPS) is 12.1. The van der Waals surface area contributed by atoms with E-state index in [2.05, 4.69) is 6.58 Å². The minimum atomic E-state index is -0.978. The average molecular weight is 284 g/mol. The molecule has 2 N–H and O–H groups in total. The Bertz CT molecular complexity index is 463. The number of aliphatic carboxylic acids is 1. The van der Waals surface area contributed by atoms with Gasteiger partial charge in [0.25, 0.3) is 0 Å². The van der Waals surface area contributed by atoms with Gasteiger partial charge in [-0.05, 0) is 42.9 Å². The zero-order chi connectivity index (χ0) is 15.1. The second-order valence-electron chi connectivity index (χ2n) is 4.75. The molecule has 1 atom stereocenters. The largest absolute Gasteiger partial charge is 0.503 e. The average Bonchev–Trinajstić information content (AvgIpc) is 2.39. The Balaban J connectivity index is 2.56. The first-order valence-electron chi connectivity index (χ1n) is 6.45. The smallest absolute Gasteiger partial charge is 0.303 e. The third-order valence-corrected chi connectivity index (χ3v) is 3.12. The number of rotatable bonds is 8. The first kappa shape index (κ1) is 16.1. The molecular weight excluding hydrogens is 266 g/mol. The summed E-state index contributed by atoms with van der Waals surface area (Å²) in [5.74, 6) is -3.73. The number of hydrogen-bond donors (Lipinski definition) is 2. The molecule has 0 spiro atoms. The van der Waals surface area contributed by atoms with Gasteiger partial charge in [-0.15, -0.1) is 6.58 Å². The van der Waals surface area contributed by atoms with Crippen LogP contribution in [0.15, 0.2) is 24.8 Å². The molecule has 5 heteroatoms. The third kappa shape index (κ3) is 4.99. The highest BCUT2D eigenvalue weighted by molar-refractivity contribution is 5.66. The summed E-state index contributed by atoms with van der Waals surface area (Å²) < 4.78 is 26.4. The van der Waals surface area contributed by atoms with E-state index in [0.29, 0.717) is 31.2 Å². The van der Waals surface area contributed by atoms with Crippen LogP contribution in [0.25, 0.3) is 0 Å². The van der Waals surface area contributed by atoms with Crippen molar-refractivity contribution in [2.24, 2.45) is 5.92 Å². The minimum Gasteiger partial charge on any atom is -0.503 e. The molecule has 0 saturated carbocycles. The van der Waals surface area contributed by atoms with Crippen molar-refractivity contribution >= 4 is 5.97 Å². The Morgan fingerprint density at radius 3 is 2.40 bits per heavy atom. The van der Waals surface area contributed by atoms with E-state index in [1.807, 2.05) is 0 Å². The number of carbonyl (C=O) groups is 1. The Morgan fingerprint density at radius 2 is 1.90 bits per heavy atom. The van der Waals surface area contributed by atoms with Gasteiger partial charge in [0.05, 0.1) is 0 Å². The number of phenolic OH excluding ortho intramolecular Hbond substituents is 1. The quantitative estimate of drug-likeness (QED) is 0.566. The zero-order valence-corrected chi connectivity index (χ0v) is 11.1. The highest BCUT2D eigenvalue weighted by Gasteiger charge is 2.12. The summed E-state index contributed by atoms with van der Waals surface area (Å²) in [6.45, 7) is 3.68. The maximum absolute atomic E-state index is 13.2. The molecule has 1 aromatic rings. The molecule has 0 amide bonds. The lowest BCUT2D eigenvalue weighted by molar-refractivity contribution is -0.137. The van der Waals surface area contributed by atoms with Crippen LogP contribution in [0.3, 0.4) is 0 Å². The van der Waals surface area contributed by atoms with Crippen molar-refractivity contribution in [3.8, 4) is 5.75 Å². The summed E-state index contributed by atoms with van der Waals surface area (Å²) in [6.07, 6.45) is 4.21. The first-order chi connectivity index (χ1) is 9.43. The lowest BCUT2D eigenvalue weighted by Gasteiger charge is -2.12. The van der Waals surface area contributed by atoms with Crippen molar-refractivity contribution in [1.82, 2.24) is 0 Å². The molecule has 110 valence electrons. The van der Waals surface area contributed by atoms with Gasteiger partial charge in [-0.3, -0.25) is 4.79 Å². The number of phenols is 1. The van der Waals surface area contributed by atoms with Crippen molar-refractivity contribution in [2.45, 2.75) is 32.1 Å². The fourth-order valence-corrected chi connectivity index (χ4v) is 2.02. The van der Waals surface area contributed by atoms with Crippen LogP contribution in [-0.2, 0) is 11.2 Å². The van der Waals surface area contributed by atoms with Gasteiger partial charge in [0, 0.05) is 6.42 Å². The third-order valence-electron chi connectivity index (χ3n) is 3.12. The number of carboxylic acids is 1. The number of hydrogen-bond acceptors (Lipinski definition) is 2. The van der Waals surface area contributed by atoms with Crippen LogP contribution in [0.2, 0.25) is 0 Å². The molecule has 0 aliphatic carbocycles. The van der Waals surface area contributed by atoms with Gasteiger partial charge in [-0.1, -0.05) is 12.5 Å². The molecule has 1 rings (SSSR count). The van der Waals surface area contributed by atoms with E-state index >= 15 is 0 Å². The van der Waals surface area contributed by atoms with Crippen molar-refractivity contribution in [3.63, 3.8) is 0 Å². The molecule has 3 nitrogen and oxygen atoms in total. The van der Waals surface area contributed by atoms with Gasteiger partial charge in [0.2, 0.25) is 0 Å². The van der Waals surface area contributed by atoms with E-state index in [-0.39, 0.29) is 12.3 Å². The molecule has 0 heterocycles. The molecule has 1 aromatic carbocycles. The summed E-state index contributed by atoms with van der Waals surface area (Å²) in [5, 5.41) is 17.6. The minimum absolute atomic E-state index is 0.0205. The predicted octanol–water partition coefficient (Wildman–Crippen LogP) is 3.66. The summed E-state index contributed by atoms with van der Waals surface area (Å²) in [7, 11) is 0. The van der Waals surface area contributed by atoms with Gasteiger partial charge >= 0.3 is 5.97 Å². The molecule has 0 fully saturated rings. The lowest BCUT2D eigenvalue weighted by Crippen LogP contribution is -2.03. The van der Waals surface area contributed by atoms with Crippen LogP contribution in [-0.4, -0.2) is 16.2 Å². The number of aromatic hydroxyl groups is 1. The van der Waals surface area contributed by atoms with Crippen LogP contribution >= 0.6 is 0 Å². The second-order valence-corrected chi connectivity index (χ2v) is 4.75. The van der Waals surface area contributed by atoms with E-state index in [4.69, 9.17) is 10.2 Å². The van der Waals surface area contributed by atoms with Crippen LogP contribution in [0.1, 0.15) is 31.2 Å². The van der Waals surface area contributed by atoms with Gasteiger partial charge in [0.15, 0.2) is 17.4 Å². The summed E-state index contributed by atoms with van der Waals surface area (Å²) in [6, 6.07) is 2.21. The topological polar surface area (TPSA) is 57.5 Å². The Labute approximate surface area is 116 Å². The summed E-state index contributed by atoms with van der Waals surface area (Å²) in [5.41, 5.74) is 0.445. The maximum atomic E-state index is 13.2. The number of benzene rings is 1. The molecule has 0 saturated heterocycles. The van der Waals surface area contributed by atoms with E-state index in [1.165, 1.54) is 0 Å². The van der Waals surface area contributed by atoms with Gasteiger partial charge in [-0.2, -0.15) is 0 Å². The fraction of sp³-hybridized carbons (Fsp3) is 0.400. The molecule has 0 radical (unpaired) electrons. The van der Waals surface area contributed by atoms with Gasteiger partial charge in [-0.25, -0.2) is 8.78 Å². The molecule has 0 aliphatic heterocycles. The SMILES string of the molecule is C=CC(CCCCC(=O)O)Cc1cc(F)c(O)c(F)c1. The van der Waals surface area contributed by atoms with Gasteiger partial charge < -0.3 is 10.2 Å². The molecule has 1 unspecified atom stereocenters. The molecular formula is C15H18F2O3. The van der Waals surface area contributed by atoms with Crippen LogP contribution in [0.4, 0.5) is 8.78 Å².